The number of rotatable bonds is 2. The van der Waals surface area contributed by atoms with Gasteiger partial charge in [-0.1, -0.05) is 0 Å². The van der Waals surface area contributed by atoms with Gasteiger partial charge in [0.15, 0.2) is 0 Å². The largest absolute Gasteiger partial charge is 0.469 e. The van der Waals surface area contributed by atoms with E-state index < -0.39 is 0 Å². The Hall–Kier alpha value is -1.17. The molecule has 1 heterocycles. The van der Waals surface area contributed by atoms with Crippen LogP contribution in [0, 0.1) is 9.49 Å². The number of nitrogens with zero attached hydrogens (tertiary/aromatic N) is 1. The van der Waals surface area contributed by atoms with Crippen molar-refractivity contribution < 1.29 is 9.53 Å². The third-order valence-corrected chi connectivity index (χ3v) is 5.85. The molecule has 108 valence electrons. The standard InChI is InChI=1S/C17H16INO2/c1-21-17(20)11-4-10-5-12-8-19-15(9-2-3-9)7-14(12)16(18)13(10)6-11/h5,7-9,11H,2-4,6H2,1H3. The van der Waals surface area contributed by atoms with Gasteiger partial charge >= 0.3 is 5.97 Å². The smallest absolute Gasteiger partial charge is 0.309 e. The minimum absolute atomic E-state index is 0.0220. The average Bonchev–Trinajstić information content (AvgIpc) is 3.26. The van der Waals surface area contributed by atoms with E-state index in [1.54, 1.807) is 0 Å². The van der Waals surface area contributed by atoms with E-state index in [9.17, 15) is 4.79 Å². The lowest BCUT2D eigenvalue weighted by atomic mass is 10.0. The van der Waals surface area contributed by atoms with E-state index in [4.69, 9.17) is 4.74 Å². The maximum absolute atomic E-state index is 11.8. The number of carbonyl (C=O) groups is 1. The Balaban J connectivity index is 1.80. The van der Waals surface area contributed by atoms with Crippen molar-refractivity contribution in [3.63, 3.8) is 0 Å². The molecule has 4 heteroatoms. The van der Waals surface area contributed by atoms with Crippen molar-refractivity contribution in [2.24, 2.45) is 5.92 Å². The number of hydrogen-bond acceptors (Lipinski definition) is 3. The summed E-state index contributed by atoms with van der Waals surface area (Å²) in [6.07, 6.45) is 6.13. The van der Waals surface area contributed by atoms with Crippen molar-refractivity contribution in [2.75, 3.05) is 7.11 Å². The zero-order chi connectivity index (χ0) is 14.6. The topological polar surface area (TPSA) is 39.2 Å². The number of esters is 1. The van der Waals surface area contributed by atoms with Gasteiger partial charge in [-0.15, -0.1) is 0 Å². The summed E-state index contributed by atoms with van der Waals surface area (Å²) in [4.78, 5) is 16.4. The summed E-state index contributed by atoms with van der Waals surface area (Å²) in [6.45, 7) is 0. The number of fused-ring (bicyclic) bond motifs is 2. The summed E-state index contributed by atoms with van der Waals surface area (Å²) < 4.78 is 6.20. The molecule has 0 radical (unpaired) electrons. The molecule has 1 atom stereocenters. The summed E-state index contributed by atoms with van der Waals surface area (Å²) in [5, 5.41) is 2.48. The summed E-state index contributed by atoms with van der Waals surface area (Å²) in [6, 6.07) is 4.46. The molecule has 1 aromatic carbocycles. The van der Waals surface area contributed by atoms with Crippen LogP contribution in [-0.2, 0) is 22.4 Å². The Morgan fingerprint density at radius 2 is 2.14 bits per heavy atom. The molecule has 0 amide bonds. The molecular formula is C17H16INO2. The Morgan fingerprint density at radius 3 is 2.86 bits per heavy atom. The molecule has 0 aliphatic heterocycles. The highest BCUT2D eigenvalue weighted by Crippen LogP contribution is 2.41. The molecule has 1 aromatic heterocycles. The SMILES string of the molecule is COC(=O)C1Cc2cc3cnc(C4CC4)cc3c(I)c2C1. The summed E-state index contributed by atoms with van der Waals surface area (Å²) in [5.41, 5.74) is 3.83. The van der Waals surface area contributed by atoms with Crippen LogP contribution >= 0.6 is 22.6 Å². The van der Waals surface area contributed by atoms with Crippen molar-refractivity contribution in [1.82, 2.24) is 4.98 Å². The fourth-order valence-electron chi connectivity index (χ4n) is 3.29. The molecule has 2 aliphatic carbocycles. The summed E-state index contributed by atoms with van der Waals surface area (Å²) in [7, 11) is 1.47. The first-order chi connectivity index (χ1) is 10.2. The third kappa shape index (κ3) is 2.24. The zero-order valence-corrected chi connectivity index (χ0v) is 14.0. The zero-order valence-electron chi connectivity index (χ0n) is 11.9. The predicted octanol–water partition coefficient (Wildman–Crippen LogP) is 3.60. The number of hydrogen-bond donors (Lipinski definition) is 0. The predicted molar refractivity (Wildman–Crippen MR) is 89.3 cm³/mol. The Labute approximate surface area is 137 Å². The number of ether oxygens (including phenoxy) is 1. The molecule has 0 saturated heterocycles. The first kappa shape index (κ1) is 13.5. The van der Waals surface area contributed by atoms with E-state index in [-0.39, 0.29) is 11.9 Å². The van der Waals surface area contributed by atoms with Gasteiger partial charge < -0.3 is 4.74 Å². The lowest BCUT2D eigenvalue weighted by Crippen LogP contribution is -2.16. The van der Waals surface area contributed by atoms with Crippen molar-refractivity contribution in [3.8, 4) is 0 Å². The van der Waals surface area contributed by atoms with Crippen molar-refractivity contribution in [1.29, 1.82) is 0 Å². The Bertz CT molecular complexity index is 752. The molecule has 4 rings (SSSR count). The van der Waals surface area contributed by atoms with Gasteiger partial charge in [-0.25, -0.2) is 0 Å². The van der Waals surface area contributed by atoms with Gasteiger partial charge in [-0.2, -0.15) is 0 Å². The second-order valence-electron chi connectivity index (χ2n) is 6.06. The van der Waals surface area contributed by atoms with Crippen LogP contribution in [0.1, 0.15) is 35.6 Å². The number of carbonyl (C=O) groups excluding carboxylic acids is 1. The number of methoxy groups -OCH3 is 1. The van der Waals surface area contributed by atoms with Crippen LogP contribution in [0.3, 0.4) is 0 Å². The van der Waals surface area contributed by atoms with E-state index in [0.717, 1.165) is 12.8 Å². The minimum atomic E-state index is -0.0946. The van der Waals surface area contributed by atoms with Crippen LogP contribution in [0.4, 0.5) is 0 Å². The highest BCUT2D eigenvalue weighted by Gasteiger charge is 2.31. The van der Waals surface area contributed by atoms with Crippen molar-refractivity contribution in [2.45, 2.75) is 31.6 Å². The molecule has 0 bridgehead atoms. The lowest BCUT2D eigenvalue weighted by molar-refractivity contribution is -0.145. The molecule has 3 nitrogen and oxygen atoms in total. The van der Waals surface area contributed by atoms with Crippen LogP contribution in [0.2, 0.25) is 0 Å². The molecule has 0 N–H and O–H groups in total. The van der Waals surface area contributed by atoms with E-state index in [2.05, 4.69) is 39.7 Å². The molecule has 2 aliphatic rings. The van der Waals surface area contributed by atoms with E-state index in [1.807, 2.05) is 6.20 Å². The van der Waals surface area contributed by atoms with Crippen molar-refractivity contribution in [3.05, 3.63) is 38.7 Å². The van der Waals surface area contributed by atoms with Gasteiger partial charge in [0.05, 0.1) is 13.0 Å². The van der Waals surface area contributed by atoms with Gasteiger partial charge in [-0.05, 0) is 76.9 Å². The molecule has 0 spiro atoms. The van der Waals surface area contributed by atoms with Crippen LogP contribution in [0.15, 0.2) is 18.3 Å². The van der Waals surface area contributed by atoms with Gasteiger partial charge in [0.2, 0.25) is 0 Å². The van der Waals surface area contributed by atoms with Crippen LogP contribution in [0.25, 0.3) is 10.8 Å². The average molecular weight is 393 g/mol. The van der Waals surface area contributed by atoms with E-state index >= 15 is 0 Å². The second-order valence-corrected chi connectivity index (χ2v) is 7.14. The van der Waals surface area contributed by atoms with E-state index in [1.165, 1.54) is 51.1 Å². The highest BCUT2D eigenvalue weighted by molar-refractivity contribution is 14.1. The quantitative estimate of drug-likeness (QED) is 0.578. The monoisotopic (exact) mass is 393 g/mol. The first-order valence-electron chi connectivity index (χ1n) is 7.35. The number of halogens is 1. The Morgan fingerprint density at radius 1 is 1.33 bits per heavy atom. The molecule has 1 fully saturated rings. The van der Waals surface area contributed by atoms with Crippen molar-refractivity contribution >= 4 is 39.3 Å². The fraction of sp³-hybridized carbons (Fsp3) is 0.412. The lowest BCUT2D eigenvalue weighted by Gasteiger charge is -2.09. The molecule has 1 unspecified atom stereocenters. The fourth-order valence-corrected chi connectivity index (χ4v) is 4.32. The first-order valence-corrected chi connectivity index (χ1v) is 8.43. The highest BCUT2D eigenvalue weighted by atomic mass is 127. The summed E-state index contributed by atoms with van der Waals surface area (Å²) >= 11 is 2.43. The molecule has 2 aromatic rings. The Kier molecular flexibility index (Phi) is 3.17. The molecule has 21 heavy (non-hydrogen) atoms. The normalized spacial score (nSPS) is 20.6. The number of benzene rings is 1. The molecular weight excluding hydrogens is 377 g/mol. The minimum Gasteiger partial charge on any atom is -0.469 e. The number of aromatic nitrogens is 1. The summed E-state index contributed by atoms with van der Waals surface area (Å²) in [5.74, 6) is 0.551. The van der Waals surface area contributed by atoms with Crippen LogP contribution < -0.4 is 0 Å². The van der Waals surface area contributed by atoms with Gasteiger partial charge in [0.25, 0.3) is 0 Å². The number of pyridine rings is 1. The van der Waals surface area contributed by atoms with E-state index in [0.29, 0.717) is 5.92 Å². The van der Waals surface area contributed by atoms with Crippen LogP contribution in [0.5, 0.6) is 0 Å². The van der Waals surface area contributed by atoms with Gasteiger partial charge in [-0.3, -0.25) is 9.78 Å². The van der Waals surface area contributed by atoms with Gasteiger partial charge in [0.1, 0.15) is 0 Å². The maximum Gasteiger partial charge on any atom is 0.309 e. The maximum atomic E-state index is 11.8. The third-order valence-electron chi connectivity index (χ3n) is 4.62. The van der Waals surface area contributed by atoms with Crippen LogP contribution in [-0.4, -0.2) is 18.1 Å². The van der Waals surface area contributed by atoms with Gasteiger partial charge in [0, 0.05) is 26.8 Å². The second kappa shape index (κ2) is 4.93. The molecule has 1 saturated carbocycles.